The number of aliphatic carboxylic acids is 1. The Morgan fingerprint density at radius 2 is 2.03 bits per heavy atom. The monoisotopic (exact) mass is 449 g/mol. The lowest BCUT2D eigenvalue weighted by molar-refractivity contribution is -0.139. The van der Waals surface area contributed by atoms with Crippen molar-refractivity contribution in [3.63, 3.8) is 0 Å². The number of nitrogens with one attached hydrogen (secondary N) is 3. The minimum Gasteiger partial charge on any atom is -0.480 e. The number of carbonyl (C=O) groups excluding carboxylic acids is 2. The number of carboxylic acids is 1. The van der Waals surface area contributed by atoms with E-state index < -0.39 is 36.2 Å². The first kappa shape index (κ1) is 24.6. The third-order valence-corrected chi connectivity index (χ3v) is 4.54. The highest BCUT2D eigenvalue weighted by Gasteiger charge is 2.26. The second-order valence-corrected chi connectivity index (χ2v) is 7.28. The lowest BCUT2D eigenvalue weighted by Gasteiger charge is -2.16. The number of rotatable bonds is 11. The summed E-state index contributed by atoms with van der Waals surface area (Å²) in [7, 11) is 0. The summed E-state index contributed by atoms with van der Waals surface area (Å²) in [5.74, 6) is -1.85. The number of alkyl carbamates (subject to hydrolysis) is 1. The number of oxime groups is 1. The van der Waals surface area contributed by atoms with Crippen LogP contribution in [0.25, 0.3) is 0 Å². The minimum atomic E-state index is -1.38. The molecule has 0 aliphatic carbocycles. The average molecular weight is 449 g/mol. The largest absolute Gasteiger partial charge is 0.480 e. The molecular formula is C20H27N5O7. The second-order valence-electron chi connectivity index (χ2n) is 7.28. The van der Waals surface area contributed by atoms with E-state index in [4.69, 9.17) is 25.8 Å². The van der Waals surface area contributed by atoms with Gasteiger partial charge in [-0.15, -0.1) is 0 Å². The Morgan fingerprint density at radius 3 is 2.62 bits per heavy atom. The minimum absolute atomic E-state index is 0.0436. The molecule has 12 heteroatoms. The normalized spacial score (nSPS) is 16.8. The number of nitrogens with zero attached hydrogens (tertiary/aromatic N) is 1. The van der Waals surface area contributed by atoms with Crippen molar-refractivity contribution < 1.29 is 34.2 Å². The van der Waals surface area contributed by atoms with E-state index in [1.807, 2.05) is 0 Å². The van der Waals surface area contributed by atoms with Gasteiger partial charge in [-0.2, -0.15) is 0 Å². The van der Waals surface area contributed by atoms with Gasteiger partial charge in [0.2, 0.25) is 5.91 Å². The summed E-state index contributed by atoms with van der Waals surface area (Å²) in [5, 5.41) is 34.3. The van der Waals surface area contributed by atoms with Gasteiger partial charge in [0, 0.05) is 24.9 Å². The van der Waals surface area contributed by atoms with E-state index in [-0.39, 0.29) is 31.8 Å². The molecule has 0 saturated carbocycles. The molecule has 2 amide bonds. The van der Waals surface area contributed by atoms with E-state index in [0.717, 1.165) is 5.56 Å². The molecule has 1 aliphatic heterocycles. The molecule has 7 N–H and O–H groups in total. The number of carboxylic acid groups (broad SMARTS) is 1. The number of hydrogen-bond acceptors (Lipinski definition) is 8. The fraction of sp³-hybridized carbons (Fsp3) is 0.450. The van der Waals surface area contributed by atoms with Gasteiger partial charge in [0.25, 0.3) is 0 Å². The molecular weight excluding hydrogens is 422 g/mol. The summed E-state index contributed by atoms with van der Waals surface area (Å²) in [6.45, 7) is 1.12. The van der Waals surface area contributed by atoms with Gasteiger partial charge in [0.15, 0.2) is 0 Å². The van der Waals surface area contributed by atoms with Crippen molar-refractivity contribution in [2.75, 3.05) is 13.2 Å². The standard InChI is InChI=1S/C20H27N5O7/c1-11(26)6-7-31-20(30)24-16(19(28)29)10-23-17(27)9-14-8-15(25-32-14)12-2-4-13(5-3-12)18(21)22/h2-5,11,14,16,26H,6-10H2,1H3,(H3,21,22)(H,23,27)(H,24,30)(H,28,29)/t11-,14+,16-/m0/s1. The molecule has 0 unspecified atom stereocenters. The fourth-order valence-electron chi connectivity index (χ4n) is 2.75. The Kier molecular flexibility index (Phi) is 8.95. The third-order valence-electron chi connectivity index (χ3n) is 4.54. The van der Waals surface area contributed by atoms with Gasteiger partial charge in [0.1, 0.15) is 18.0 Å². The predicted molar refractivity (Wildman–Crippen MR) is 113 cm³/mol. The zero-order valence-electron chi connectivity index (χ0n) is 17.5. The van der Waals surface area contributed by atoms with E-state index in [0.29, 0.717) is 17.7 Å². The highest BCUT2D eigenvalue weighted by molar-refractivity contribution is 6.02. The van der Waals surface area contributed by atoms with Gasteiger partial charge in [-0.1, -0.05) is 29.4 Å². The van der Waals surface area contributed by atoms with E-state index >= 15 is 0 Å². The van der Waals surface area contributed by atoms with Crippen molar-refractivity contribution in [2.45, 2.75) is 44.4 Å². The predicted octanol–water partition coefficient (Wildman–Crippen LogP) is -0.0797. The number of nitrogens with two attached hydrogens (primary N) is 1. The Hall–Kier alpha value is -3.67. The van der Waals surface area contributed by atoms with Gasteiger partial charge in [-0.3, -0.25) is 10.2 Å². The van der Waals surface area contributed by atoms with Crippen LogP contribution in [0, 0.1) is 5.41 Å². The van der Waals surface area contributed by atoms with Crippen molar-refractivity contribution in [3.8, 4) is 0 Å². The summed E-state index contributed by atoms with van der Waals surface area (Å²) < 4.78 is 4.78. The maximum absolute atomic E-state index is 12.2. The maximum Gasteiger partial charge on any atom is 0.407 e. The number of carbonyl (C=O) groups is 3. The topological polar surface area (TPSA) is 196 Å². The number of amidine groups is 1. The lowest BCUT2D eigenvalue weighted by Crippen LogP contribution is -2.49. The molecule has 1 aliphatic rings. The third kappa shape index (κ3) is 7.87. The van der Waals surface area contributed by atoms with E-state index in [1.54, 1.807) is 24.3 Å². The van der Waals surface area contributed by atoms with Gasteiger partial charge in [0.05, 0.1) is 24.8 Å². The van der Waals surface area contributed by atoms with Crippen LogP contribution < -0.4 is 16.4 Å². The van der Waals surface area contributed by atoms with Crippen LogP contribution in [0.15, 0.2) is 29.4 Å². The van der Waals surface area contributed by atoms with Crippen LogP contribution in [-0.2, 0) is 19.2 Å². The number of nitrogen functional groups attached to an aromatic ring is 1. The van der Waals surface area contributed by atoms with E-state index in [2.05, 4.69) is 15.8 Å². The molecule has 0 bridgehead atoms. The molecule has 0 fully saturated rings. The summed E-state index contributed by atoms with van der Waals surface area (Å²) in [6, 6.07) is 5.51. The average Bonchev–Trinajstić information content (AvgIpc) is 3.19. The number of aliphatic hydroxyl groups is 1. The first-order valence-corrected chi connectivity index (χ1v) is 9.94. The first-order valence-electron chi connectivity index (χ1n) is 9.94. The maximum atomic E-state index is 12.2. The van der Waals surface area contributed by atoms with Crippen molar-refractivity contribution in [1.82, 2.24) is 10.6 Å². The zero-order chi connectivity index (χ0) is 23.7. The highest BCUT2D eigenvalue weighted by Crippen LogP contribution is 2.19. The molecule has 1 heterocycles. The van der Waals surface area contributed by atoms with Crippen LogP contribution in [0.3, 0.4) is 0 Å². The molecule has 0 saturated heterocycles. The number of benzene rings is 1. The Balaban J connectivity index is 1.76. The van der Waals surface area contributed by atoms with Crippen LogP contribution in [0.4, 0.5) is 4.79 Å². The summed E-state index contributed by atoms with van der Waals surface area (Å²) in [5.41, 5.74) is 7.43. The van der Waals surface area contributed by atoms with Gasteiger partial charge in [-0.05, 0) is 12.5 Å². The Morgan fingerprint density at radius 1 is 1.34 bits per heavy atom. The molecule has 0 spiro atoms. The summed E-state index contributed by atoms with van der Waals surface area (Å²) in [4.78, 5) is 40.4. The van der Waals surface area contributed by atoms with E-state index in [1.165, 1.54) is 6.92 Å². The number of aliphatic hydroxyl groups excluding tert-OH is 1. The smallest absolute Gasteiger partial charge is 0.407 e. The Bertz CT molecular complexity index is 870. The SMILES string of the molecule is C[C@H](O)CCOC(=O)N[C@@H](CNC(=O)C[C@H]1CC(c2ccc(C(=N)N)cc2)=NO1)C(=O)O. The Labute approximate surface area is 184 Å². The molecule has 3 atom stereocenters. The number of amides is 2. The molecule has 1 aromatic carbocycles. The first-order chi connectivity index (χ1) is 15.2. The van der Waals surface area contributed by atoms with E-state index in [9.17, 15) is 19.5 Å². The van der Waals surface area contributed by atoms with Crippen LogP contribution in [0.2, 0.25) is 0 Å². The lowest BCUT2D eigenvalue weighted by atomic mass is 10.0. The highest BCUT2D eigenvalue weighted by atomic mass is 16.6. The fourth-order valence-corrected chi connectivity index (χ4v) is 2.75. The van der Waals surface area contributed by atoms with Crippen molar-refractivity contribution in [3.05, 3.63) is 35.4 Å². The second kappa shape index (κ2) is 11.6. The summed E-state index contributed by atoms with van der Waals surface area (Å²) in [6.07, 6.45) is -1.58. The van der Waals surface area contributed by atoms with Crippen molar-refractivity contribution in [2.24, 2.45) is 10.9 Å². The number of ether oxygens (including phenoxy) is 1. The van der Waals surface area contributed by atoms with Crippen LogP contribution >= 0.6 is 0 Å². The van der Waals surface area contributed by atoms with Crippen LogP contribution in [0.5, 0.6) is 0 Å². The molecule has 174 valence electrons. The number of hydrogen-bond donors (Lipinski definition) is 6. The van der Waals surface area contributed by atoms with Gasteiger partial charge < -0.3 is 36.2 Å². The summed E-state index contributed by atoms with van der Waals surface area (Å²) >= 11 is 0. The van der Waals surface area contributed by atoms with Crippen molar-refractivity contribution >= 4 is 29.5 Å². The van der Waals surface area contributed by atoms with Crippen molar-refractivity contribution in [1.29, 1.82) is 5.41 Å². The van der Waals surface area contributed by atoms with Gasteiger partial charge in [-0.25, -0.2) is 9.59 Å². The quantitative estimate of drug-likeness (QED) is 0.199. The molecule has 2 rings (SSSR count). The van der Waals surface area contributed by atoms with Gasteiger partial charge >= 0.3 is 12.1 Å². The zero-order valence-corrected chi connectivity index (χ0v) is 17.5. The molecule has 0 aromatic heterocycles. The molecule has 32 heavy (non-hydrogen) atoms. The molecule has 0 radical (unpaired) electrons. The van der Waals surface area contributed by atoms with Crippen LogP contribution in [0.1, 0.15) is 37.3 Å². The van der Waals surface area contributed by atoms with Crippen LogP contribution in [-0.4, -0.2) is 71.1 Å². The molecule has 1 aromatic rings. The molecule has 12 nitrogen and oxygen atoms in total.